The van der Waals surface area contributed by atoms with Crippen LogP contribution in [0, 0.1) is 6.92 Å². The van der Waals surface area contributed by atoms with Gasteiger partial charge in [-0.05, 0) is 50.6 Å². The summed E-state index contributed by atoms with van der Waals surface area (Å²) in [5.41, 5.74) is 8.27. The van der Waals surface area contributed by atoms with Crippen molar-refractivity contribution in [2.45, 2.75) is 32.2 Å². The van der Waals surface area contributed by atoms with Crippen molar-refractivity contribution >= 4 is 5.82 Å². The molecule has 0 saturated carbocycles. The number of hydrogen-bond acceptors (Lipinski definition) is 3. The Hall–Kier alpha value is -1.09. The molecule has 0 aliphatic carbocycles. The summed E-state index contributed by atoms with van der Waals surface area (Å²) < 4.78 is 0. The van der Waals surface area contributed by atoms with E-state index in [4.69, 9.17) is 5.73 Å². The van der Waals surface area contributed by atoms with Gasteiger partial charge in [0.15, 0.2) is 0 Å². The molecule has 1 fully saturated rings. The first-order chi connectivity index (χ1) is 7.18. The van der Waals surface area contributed by atoms with Crippen molar-refractivity contribution in [2.24, 2.45) is 0 Å². The lowest BCUT2D eigenvalue weighted by Gasteiger charge is -2.33. The number of rotatable bonds is 1. The van der Waals surface area contributed by atoms with Crippen LogP contribution in [-0.2, 0) is 0 Å². The maximum atomic E-state index is 5.67. The Balaban J connectivity index is 2.27. The van der Waals surface area contributed by atoms with E-state index in [1.807, 2.05) is 12.3 Å². The van der Waals surface area contributed by atoms with Gasteiger partial charge in [-0.25, -0.2) is 4.98 Å². The van der Waals surface area contributed by atoms with Crippen LogP contribution in [0.5, 0.6) is 0 Å². The fourth-order valence-corrected chi connectivity index (χ4v) is 2.41. The van der Waals surface area contributed by atoms with Crippen molar-refractivity contribution in [1.82, 2.24) is 9.88 Å². The molecule has 15 heavy (non-hydrogen) atoms. The lowest BCUT2D eigenvalue weighted by molar-refractivity contribution is 0.186. The van der Waals surface area contributed by atoms with E-state index in [1.54, 1.807) is 0 Å². The van der Waals surface area contributed by atoms with Crippen molar-refractivity contribution in [3.8, 4) is 0 Å². The van der Waals surface area contributed by atoms with Crippen LogP contribution in [0.2, 0.25) is 0 Å². The summed E-state index contributed by atoms with van der Waals surface area (Å²) >= 11 is 0. The third-order valence-electron chi connectivity index (χ3n) is 3.30. The zero-order chi connectivity index (χ0) is 10.8. The van der Waals surface area contributed by atoms with Crippen LogP contribution in [0.3, 0.4) is 0 Å². The number of nitrogen functional groups attached to an aromatic ring is 1. The van der Waals surface area contributed by atoms with Crippen LogP contribution in [-0.4, -0.2) is 23.5 Å². The third kappa shape index (κ3) is 2.12. The van der Waals surface area contributed by atoms with E-state index in [0.717, 1.165) is 0 Å². The van der Waals surface area contributed by atoms with Gasteiger partial charge in [0, 0.05) is 12.2 Å². The zero-order valence-corrected chi connectivity index (χ0v) is 9.53. The molecule has 1 aromatic heterocycles. The summed E-state index contributed by atoms with van der Waals surface area (Å²) in [7, 11) is 2.19. The standard InChI is InChI=1S/C12H19N3/c1-9-7-12(13)14-8-10(9)11-5-3-4-6-15(11)2/h7-8,11H,3-6H2,1-2H3,(H2,13,14). The highest BCUT2D eigenvalue weighted by atomic mass is 15.1. The Morgan fingerprint density at radius 3 is 2.93 bits per heavy atom. The van der Waals surface area contributed by atoms with Crippen LogP contribution < -0.4 is 5.73 Å². The summed E-state index contributed by atoms with van der Waals surface area (Å²) in [6, 6.07) is 2.50. The minimum Gasteiger partial charge on any atom is -0.384 e. The molecule has 2 N–H and O–H groups in total. The molecule has 3 nitrogen and oxygen atoms in total. The molecular formula is C12H19N3. The average Bonchev–Trinajstić information content (AvgIpc) is 2.20. The largest absolute Gasteiger partial charge is 0.384 e. The van der Waals surface area contributed by atoms with Crippen molar-refractivity contribution in [1.29, 1.82) is 0 Å². The number of nitrogens with two attached hydrogens (primary N) is 1. The van der Waals surface area contributed by atoms with E-state index < -0.39 is 0 Å². The molecule has 1 aliphatic rings. The molecule has 0 bridgehead atoms. The number of anilines is 1. The van der Waals surface area contributed by atoms with Gasteiger partial charge >= 0.3 is 0 Å². The predicted octanol–water partition coefficient (Wildman–Crippen LogP) is 2.13. The number of likely N-dealkylation sites (tertiary alicyclic amines) is 1. The third-order valence-corrected chi connectivity index (χ3v) is 3.30. The Morgan fingerprint density at radius 2 is 2.27 bits per heavy atom. The molecule has 1 unspecified atom stereocenters. The minimum absolute atomic E-state index is 0.534. The van der Waals surface area contributed by atoms with Crippen molar-refractivity contribution in [3.63, 3.8) is 0 Å². The molecule has 0 amide bonds. The van der Waals surface area contributed by atoms with Gasteiger partial charge in [0.2, 0.25) is 0 Å². The molecule has 1 atom stereocenters. The van der Waals surface area contributed by atoms with Crippen molar-refractivity contribution in [2.75, 3.05) is 19.3 Å². The first-order valence-corrected chi connectivity index (χ1v) is 5.61. The first-order valence-electron chi connectivity index (χ1n) is 5.61. The Morgan fingerprint density at radius 1 is 1.47 bits per heavy atom. The van der Waals surface area contributed by atoms with Gasteiger partial charge in [0.25, 0.3) is 0 Å². The number of piperidine rings is 1. The maximum Gasteiger partial charge on any atom is 0.123 e. The van der Waals surface area contributed by atoms with Gasteiger partial charge in [0.05, 0.1) is 0 Å². The van der Waals surface area contributed by atoms with Crippen molar-refractivity contribution < 1.29 is 0 Å². The van der Waals surface area contributed by atoms with E-state index in [1.165, 1.54) is 36.9 Å². The highest BCUT2D eigenvalue weighted by Gasteiger charge is 2.22. The number of nitrogens with zero attached hydrogens (tertiary/aromatic N) is 2. The number of hydrogen-bond donors (Lipinski definition) is 1. The maximum absolute atomic E-state index is 5.67. The van der Waals surface area contributed by atoms with Crippen LogP contribution in [0.15, 0.2) is 12.3 Å². The topological polar surface area (TPSA) is 42.1 Å². The molecule has 1 aromatic rings. The van der Waals surface area contributed by atoms with E-state index in [9.17, 15) is 0 Å². The second-order valence-electron chi connectivity index (χ2n) is 4.46. The Kier molecular flexibility index (Phi) is 2.91. The van der Waals surface area contributed by atoms with Gasteiger partial charge in [-0.3, -0.25) is 4.90 Å². The molecule has 1 aliphatic heterocycles. The summed E-state index contributed by atoms with van der Waals surface area (Å²) in [6.45, 7) is 3.31. The summed E-state index contributed by atoms with van der Waals surface area (Å²) in [5.74, 6) is 0.620. The SMILES string of the molecule is Cc1cc(N)ncc1C1CCCCN1C. The molecule has 0 spiro atoms. The zero-order valence-electron chi connectivity index (χ0n) is 9.53. The van der Waals surface area contributed by atoms with Gasteiger partial charge in [-0.2, -0.15) is 0 Å². The summed E-state index contributed by atoms with van der Waals surface area (Å²) in [6.07, 6.45) is 5.81. The second kappa shape index (κ2) is 4.19. The second-order valence-corrected chi connectivity index (χ2v) is 4.46. The number of pyridine rings is 1. The highest BCUT2D eigenvalue weighted by Crippen LogP contribution is 2.31. The van der Waals surface area contributed by atoms with Crippen LogP contribution in [0.4, 0.5) is 5.82 Å². The minimum atomic E-state index is 0.534. The smallest absolute Gasteiger partial charge is 0.123 e. The summed E-state index contributed by atoms with van der Waals surface area (Å²) in [5, 5.41) is 0. The predicted molar refractivity (Wildman–Crippen MR) is 62.6 cm³/mol. The van der Waals surface area contributed by atoms with E-state index in [-0.39, 0.29) is 0 Å². The van der Waals surface area contributed by atoms with E-state index >= 15 is 0 Å². The molecule has 2 heterocycles. The first kappa shape index (κ1) is 10.4. The number of aryl methyl sites for hydroxylation is 1. The van der Waals surface area contributed by atoms with Gasteiger partial charge in [0.1, 0.15) is 5.82 Å². The highest BCUT2D eigenvalue weighted by molar-refractivity contribution is 5.37. The average molecular weight is 205 g/mol. The monoisotopic (exact) mass is 205 g/mol. The molecule has 2 rings (SSSR count). The van der Waals surface area contributed by atoms with E-state index in [0.29, 0.717) is 11.9 Å². The molecular weight excluding hydrogens is 186 g/mol. The van der Waals surface area contributed by atoms with E-state index in [2.05, 4.69) is 23.9 Å². The lowest BCUT2D eigenvalue weighted by Crippen LogP contribution is -2.30. The quantitative estimate of drug-likeness (QED) is 0.763. The van der Waals surface area contributed by atoms with Crippen LogP contribution in [0.1, 0.15) is 36.4 Å². The Labute approximate surface area is 91.3 Å². The molecule has 0 radical (unpaired) electrons. The van der Waals surface area contributed by atoms with Gasteiger partial charge in [-0.1, -0.05) is 6.42 Å². The van der Waals surface area contributed by atoms with Gasteiger partial charge < -0.3 is 5.73 Å². The van der Waals surface area contributed by atoms with Crippen molar-refractivity contribution in [3.05, 3.63) is 23.4 Å². The Bertz CT molecular complexity index is 349. The van der Waals surface area contributed by atoms with Gasteiger partial charge in [-0.15, -0.1) is 0 Å². The lowest BCUT2D eigenvalue weighted by atomic mass is 9.94. The van der Waals surface area contributed by atoms with Crippen LogP contribution >= 0.6 is 0 Å². The fraction of sp³-hybridized carbons (Fsp3) is 0.583. The fourth-order valence-electron chi connectivity index (χ4n) is 2.41. The number of aromatic nitrogens is 1. The van der Waals surface area contributed by atoms with Crippen LogP contribution in [0.25, 0.3) is 0 Å². The summed E-state index contributed by atoms with van der Waals surface area (Å²) in [4.78, 5) is 6.62. The molecule has 82 valence electrons. The molecule has 3 heteroatoms. The normalized spacial score (nSPS) is 22.9. The molecule has 0 aromatic carbocycles. The molecule has 1 saturated heterocycles.